The molecule has 0 unspecified atom stereocenters. The number of rotatable bonds is 7. The summed E-state index contributed by atoms with van der Waals surface area (Å²) in [4.78, 5) is 13.7. The van der Waals surface area contributed by atoms with E-state index in [0.29, 0.717) is 5.56 Å². The molecule has 166 valence electrons. The summed E-state index contributed by atoms with van der Waals surface area (Å²) < 4.78 is 3.19. The summed E-state index contributed by atoms with van der Waals surface area (Å²) in [5, 5.41) is 4.19. The van der Waals surface area contributed by atoms with Crippen molar-refractivity contribution in [3.63, 3.8) is 0 Å². The molecule has 6 heteroatoms. The number of hydrogen-bond donors (Lipinski definition) is 1. The van der Waals surface area contributed by atoms with Crippen LogP contribution in [0.5, 0.6) is 0 Å². The fraction of sp³-hybridized carbons (Fsp3) is 0.111. The smallest absolute Gasteiger partial charge is 0.271 e. The maximum Gasteiger partial charge on any atom is 0.271 e. The van der Waals surface area contributed by atoms with E-state index in [9.17, 15) is 4.79 Å². The molecule has 4 nitrogen and oxygen atoms in total. The first-order valence-corrected chi connectivity index (χ1v) is 12.3. The van der Waals surface area contributed by atoms with E-state index in [1.54, 1.807) is 18.0 Å². The Morgan fingerprint density at radius 2 is 1.70 bits per heavy atom. The molecular weight excluding hydrogens is 494 g/mol. The standard InChI is InChI=1S/C27H24BrN3OS/c1-19-16-23(20(2)31(19)26-11-7-6-10-25(26)28)17-29-30-27(32)22-14-12-21(13-15-22)18-33-24-8-4-3-5-9-24/h3-17H,18H2,1-2H3,(H,30,32)/b29-17-. The molecule has 0 fully saturated rings. The number of thioether (sulfide) groups is 1. The van der Waals surface area contributed by atoms with Gasteiger partial charge < -0.3 is 4.57 Å². The summed E-state index contributed by atoms with van der Waals surface area (Å²) >= 11 is 5.40. The maximum atomic E-state index is 12.5. The Bertz CT molecular complexity index is 1280. The molecule has 4 rings (SSSR count). The van der Waals surface area contributed by atoms with Gasteiger partial charge >= 0.3 is 0 Å². The Hall–Kier alpha value is -3.09. The lowest BCUT2D eigenvalue weighted by atomic mass is 10.1. The Labute approximate surface area is 206 Å². The second-order valence-electron chi connectivity index (χ2n) is 7.61. The van der Waals surface area contributed by atoms with E-state index in [2.05, 4.69) is 62.2 Å². The topological polar surface area (TPSA) is 46.4 Å². The SMILES string of the molecule is Cc1cc(/C=N\NC(=O)c2ccc(CSc3ccccc3)cc2)c(C)n1-c1ccccc1Br. The van der Waals surface area contributed by atoms with Crippen LogP contribution in [0.25, 0.3) is 5.69 Å². The van der Waals surface area contributed by atoms with Crippen LogP contribution in [0.3, 0.4) is 0 Å². The van der Waals surface area contributed by atoms with E-state index < -0.39 is 0 Å². The van der Waals surface area contributed by atoms with Crippen molar-refractivity contribution in [3.05, 3.63) is 117 Å². The second-order valence-corrected chi connectivity index (χ2v) is 9.51. The molecule has 0 aliphatic heterocycles. The van der Waals surface area contributed by atoms with Gasteiger partial charge in [-0.15, -0.1) is 11.8 Å². The molecule has 33 heavy (non-hydrogen) atoms. The molecule has 0 radical (unpaired) electrons. The molecule has 0 aliphatic carbocycles. The van der Waals surface area contributed by atoms with Gasteiger partial charge in [-0.25, -0.2) is 5.43 Å². The number of carbonyl (C=O) groups is 1. The van der Waals surface area contributed by atoms with Crippen LogP contribution in [0, 0.1) is 13.8 Å². The Morgan fingerprint density at radius 3 is 2.42 bits per heavy atom. The van der Waals surface area contributed by atoms with Gasteiger partial charge in [0.25, 0.3) is 5.91 Å². The van der Waals surface area contributed by atoms with Crippen LogP contribution in [-0.2, 0) is 5.75 Å². The zero-order valence-electron chi connectivity index (χ0n) is 18.5. The van der Waals surface area contributed by atoms with Gasteiger partial charge in [0.05, 0.1) is 11.9 Å². The van der Waals surface area contributed by atoms with E-state index in [-0.39, 0.29) is 5.91 Å². The van der Waals surface area contributed by atoms with E-state index in [1.807, 2.05) is 67.6 Å². The van der Waals surface area contributed by atoms with Crippen LogP contribution >= 0.6 is 27.7 Å². The van der Waals surface area contributed by atoms with Crippen molar-refractivity contribution >= 4 is 39.8 Å². The lowest BCUT2D eigenvalue weighted by Gasteiger charge is -2.11. The van der Waals surface area contributed by atoms with E-state index in [0.717, 1.165) is 32.9 Å². The molecule has 1 amide bonds. The summed E-state index contributed by atoms with van der Waals surface area (Å²) in [6.07, 6.45) is 1.69. The molecule has 1 aromatic heterocycles. The van der Waals surface area contributed by atoms with E-state index in [4.69, 9.17) is 0 Å². The largest absolute Gasteiger partial charge is 0.317 e. The first kappa shape index (κ1) is 23.1. The third-order valence-corrected chi connectivity index (χ3v) is 7.05. The number of amides is 1. The number of para-hydroxylation sites is 1. The molecule has 4 aromatic rings. The minimum Gasteiger partial charge on any atom is -0.317 e. The number of nitrogens with zero attached hydrogens (tertiary/aromatic N) is 2. The van der Waals surface area contributed by atoms with Crippen molar-refractivity contribution in [2.45, 2.75) is 24.5 Å². The van der Waals surface area contributed by atoms with Gasteiger partial charge in [-0.2, -0.15) is 5.10 Å². The van der Waals surface area contributed by atoms with Gasteiger partial charge in [-0.3, -0.25) is 4.79 Å². The predicted molar refractivity (Wildman–Crippen MR) is 140 cm³/mol. The number of aromatic nitrogens is 1. The van der Waals surface area contributed by atoms with Crippen molar-refractivity contribution in [2.75, 3.05) is 0 Å². The maximum absolute atomic E-state index is 12.5. The Morgan fingerprint density at radius 1 is 1.00 bits per heavy atom. The predicted octanol–water partition coefficient (Wildman–Crippen LogP) is 6.91. The monoisotopic (exact) mass is 517 g/mol. The summed E-state index contributed by atoms with van der Waals surface area (Å²) in [6, 6.07) is 28.1. The zero-order valence-corrected chi connectivity index (χ0v) is 20.9. The molecule has 3 aromatic carbocycles. The average Bonchev–Trinajstić information content (AvgIpc) is 3.12. The molecule has 0 spiro atoms. The molecule has 0 saturated heterocycles. The van der Waals surface area contributed by atoms with Gasteiger partial charge in [0, 0.05) is 37.6 Å². The van der Waals surface area contributed by atoms with Crippen molar-refractivity contribution in [3.8, 4) is 5.69 Å². The van der Waals surface area contributed by atoms with Gasteiger partial charge in [0.2, 0.25) is 0 Å². The average molecular weight is 518 g/mol. The number of carbonyl (C=O) groups excluding carboxylic acids is 1. The van der Waals surface area contributed by atoms with Crippen LogP contribution in [0.15, 0.2) is 99.4 Å². The van der Waals surface area contributed by atoms with Crippen molar-refractivity contribution < 1.29 is 4.79 Å². The van der Waals surface area contributed by atoms with Crippen LogP contribution < -0.4 is 5.43 Å². The van der Waals surface area contributed by atoms with E-state index >= 15 is 0 Å². The quantitative estimate of drug-likeness (QED) is 0.164. The lowest BCUT2D eigenvalue weighted by Crippen LogP contribution is -2.17. The number of hydrazone groups is 1. The minimum absolute atomic E-state index is 0.229. The number of benzene rings is 3. The number of halogens is 1. The highest BCUT2D eigenvalue weighted by molar-refractivity contribution is 9.10. The Balaban J connectivity index is 1.38. The lowest BCUT2D eigenvalue weighted by molar-refractivity contribution is 0.0955. The fourth-order valence-corrected chi connectivity index (χ4v) is 4.92. The van der Waals surface area contributed by atoms with Crippen LogP contribution in [0.1, 0.15) is 32.9 Å². The summed E-state index contributed by atoms with van der Waals surface area (Å²) in [5.74, 6) is 0.630. The zero-order chi connectivity index (χ0) is 23.2. The van der Waals surface area contributed by atoms with Crippen LogP contribution in [0.2, 0.25) is 0 Å². The molecule has 1 heterocycles. The van der Waals surface area contributed by atoms with Gasteiger partial charge in [-0.1, -0.05) is 42.5 Å². The van der Waals surface area contributed by atoms with Gasteiger partial charge in [0.1, 0.15) is 0 Å². The summed E-state index contributed by atoms with van der Waals surface area (Å²) in [5.41, 5.74) is 8.56. The molecule has 0 bridgehead atoms. The molecular formula is C27H24BrN3OS. The summed E-state index contributed by atoms with van der Waals surface area (Å²) in [6.45, 7) is 4.10. The number of aryl methyl sites for hydroxylation is 1. The normalized spacial score (nSPS) is 11.1. The van der Waals surface area contributed by atoms with Gasteiger partial charge in [0.15, 0.2) is 0 Å². The van der Waals surface area contributed by atoms with Crippen LogP contribution in [0.4, 0.5) is 0 Å². The van der Waals surface area contributed by atoms with Gasteiger partial charge in [-0.05, 0) is 77.8 Å². The van der Waals surface area contributed by atoms with E-state index in [1.165, 1.54) is 10.5 Å². The fourth-order valence-electron chi connectivity index (χ4n) is 3.58. The third-order valence-electron chi connectivity index (χ3n) is 5.30. The van der Waals surface area contributed by atoms with Crippen molar-refractivity contribution in [2.24, 2.45) is 5.10 Å². The second kappa shape index (κ2) is 10.7. The Kier molecular flexibility index (Phi) is 7.47. The molecule has 1 N–H and O–H groups in total. The number of nitrogens with one attached hydrogen (secondary N) is 1. The first-order valence-electron chi connectivity index (χ1n) is 10.6. The minimum atomic E-state index is -0.229. The van der Waals surface area contributed by atoms with Crippen molar-refractivity contribution in [1.29, 1.82) is 0 Å². The van der Waals surface area contributed by atoms with Crippen molar-refractivity contribution in [1.82, 2.24) is 9.99 Å². The molecule has 0 atom stereocenters. The third kappa shape index (κ3) is 5.64. The highest BCUT2D eigenvalue weighted by Crippen LogP contribution is 2.26. The highest BCUT2D eigenvalue weighted by Gasteiger charge is 2.12. The number of hydrogen-bond acceptors (Lipinski definition) is 3. The summed E-state index contributed by atoms with van der Waals surface area (Å²) in [7, 11) is 0. The highest BCUT2D eigenvalue weighted by atomic mass is 79.9. The first-order chi connectivity index (χ1) is 16.0. The molecule has 0 aliphatic rings. The van der Waals surface area contributed by atoms with Crippen LogP contribution in [-0.4, -0.2) is 16.7 Å². The molecule has 0 saturated carbocycles.